The van der Waals surface area contributed by atoms with Crippen LogP contribution in [0.1, 0.15) is 6.42 Å². The van der Waals surface area contributed by atoms with E-state index in [-0.39, 0.29) is 0 Å². The Morgan fingerprint density at radius 2 is 1.85 bits per heavy atom. The van der Waals surface area contributed by atoms with E-state index in [1.807, 2.05) is 0 Å². The Morgan fingerprint density at radius 1 is 1.38 bits per heavy atom. The molecule has 0 aromatic carbocycles. The van der Waals surface area contributed by atoms with Crippen molar-refractivity contribution in [2.24, 2.45) is 0 Å². The molecule has 0 saturated carbocycles. The Labute approximate surface area is 74.4 Å². The summed E-state index contributed by atoms with van der Waals surface area (Å²) in [6.07, 6.45) is -0.0345. The molecule has 0 radical (unpaired) electrons. The summed E-state index contributed by atoms with van der Waals surface area (Å²) < 4.78 is 22.8. The first-order valence-corrected chi connectivity index (χ1v) is 5.03. The van der Waals surface area contributed by atoms with Crippen molar-refractivity contribution >= 4 is 22.0 Å². The summed E-state index contributed by atoms with van der Waals surface area (Å²) >= 11 is 0. The Kier molecular flexibility index (Phi) is 3.82. The molecule has 0 aromatic heterocycles. The molecule has 0 amide bonds. The largest absolute Gasteiger partial charge is 0.481 e. The van der Waals surface area contributed by atoms with Crippen molar-refractivity contribution in [3.05, 3.63) is 0 Å². The van der Waals surface area contributed by atoms with Gasteiger partial charge in [0.2, 0.25) is 10.0 Å². The highest BCUT2D eigenvalue weighted by atomic mass is 32.2. The average Bonchev–Trinajstić information content (AvgIpc) is 1.81. The molecule has 0 aliphatic rings. The van der Waals surface area contributed by atoms with Crippen LogP contribution in [0.5, 0.6) is 0 Å². The van der Waals surface area contributed by atoms with E-state index in [1.165, 1.54) is 0 Å². The average molecular weight is 211 g/mol. The van der Waals surface area contributed by atoms with Crippen LogP contribution in [0.2, 0.25) is 0 Å². The quantitative estimate of drug-likeness (QED) is 0.507. The second-order valence-corrected chi connectivity index (χ2v) is 4.16. The fourth-order valence-corrected chi connectivity index (χ4v) is 1.31. The van der Waals surface area contributed by atoms with E-state index in [2.05, 4.69) is 0 Å². The zero-order valence-electron chi connectivity index (χ0n) is 6.72. The van der Waals surface area contributed by atoms with E-state index < -0.39 is 34.4 Å². The SMILES string of the molecule is CS(=O)(=O)N[C@H](CC(=O)O)C(=O)O. The predicted octanol–water partition coefficient (Wildman–Crippen LogP) is -1.54. The van der Waals surface area contributed by atoms with Crippen molar-refractivity contribution in [1.82, 2.24) is 4.72 Å². The number of sulfonamides is 1. The lowest BCUT2D eigenvalue weighted by Crippen LogP contribution is -2.41. The summed E-state index contributed by atoms with van der Waals surface area (Å²) in [5.41, 5.74) is 0. The molecule has 0 saturated heterocycles. The van der Waals surface area contributed by atoms with Crippen molar-refractivity contribution in [2.75, 3.05) is 6.26 Å². The van der Waals surface area contributed by atoms with Gasteiger partial charge in [-0.2, -0.15) is 0 Å². The highest BCUT2D eigenvalue weighted by Gasteiger charge is 2.23. The molecule has 0 aliphatic heterocycles. The molecular formula is C5H9NO6S. The maximum atomic E-state index is 10.6. The molecule has 0 aromatic rings. The number of carbonyl (C=O) groups is 2. The van der Waals surface area contributed by atoms with E-state index in [0.29, 0.717) is 0 Å². The number of carboxylic acids is 2. The van der Waals surface area contributed by atoms with Gasteiger partial charge in [-0.25, -0.2) is 13.1 Å². The molecule has 0 spiro atoms. The minimum atomic E-state index is -3.71. The van der Waals surface area contributed by atoms with Crippen LogP contribution in [0.3, 0.4) is 0 Å². The Bertz CT molecular complexity index is 307. The van der Waals surface area contributed by atoms with E-state index >= 15 is 0 Å². The van der Waals surface area contributed by atoms with Crippen molar-refractivity contribution in [3.63, 3.8) is 0 Å². The van der Waals surface area contributed by atoms with E-state index in [4.69, 9.17) is 10.2 Å². The highest BCUT2D eigenvalue weighted by Crippen LogP contribution is 1.94. The summed E-state index contributed by atoms with van der Waals surface area (Å²) in [5, 5.41) is 16.6. The second-order valence-electron chi connectivity index (χ2n) is 2.38. The van der Waals surface area contributed by atoms with Crippen LogP contribution in [0, 0.1) is 0 Å². The van der Waals surface area contributed by atoms with E-state index in [9.17, 15) is 18.0 Å². The minimum absolute atomic E-state index is 0.755. The molecule has 0 heterocycles. The van der Waals surface area contributed by atoms with Crippen molar-refractivity contribution in [1.29, 1.82) is 0 Å². The first-order chi connectivity index (χ1) is 5.72. The molecular weight excluding hydrogens is 202 g/mol. The predicted molar refractivity (Wildman–Crippen MR) is 41.7 cm³/mol. The molecule has 13 heavy (non-hydrogen) atoms. The molecule has 0 fully saturated rings. The topological polar surface area (TPSA) is 121 Å². The van der Waals surface area contributed by atoms with Gasteiger partial charge in [0.25, 0.3) is 0 Å². The van der Waals surface area contributed by atoms with Crippen LogP contribution in [-0.2, 0) is 19.6 Å². The molecule has 7 nitrogen and oxygen atoms in total. The van der Waals surface area contributed by atoms with Gasteiger partial charge in [0.15, 0.2) is 0 Å². The zero-order valence-corrected chi connectivity index (χ0v) is 7.54. The number of rotatable bonds is 5. The van der Waals surface area contributed by atoms with Gasteiger partial charge in [-0.1, -0.05) is 0 Å². The second kappa shape index (κ2) is 4.19. The van der Waals surface area contributed by atoms with Gasteiger partial charge >= 0.3 is 11.9 Å². The van der Waals surface area contributed by atoms with Crippen LogP contribution in [0.4, 0.5) is 0 Å². The highest BCUT2D eigenvalue weighted by molar-refractivity contribution is 7.88. The zero-order chi connectivity index (χ0) is 10.6. The maximum absolute atomic E-state index is 10.6. The standard InChI is InChI=1S/C5H9NO6S/c1-13(11,12)6-3(5(9)10)2-4(7)8/h3,6H,2H2,1H3,(H,7,8)(H,9,10)/t3-/m1/s1. The lowest BCUT2D eigenvalue weighted by atomic mass is 10.2. The van der Waals surface area contributed by atoms with E-state index in [0.717, 1.165) is 6.26 Å². The number of carboxylic acid groups (broad SMARTS) is 2. The normalized spacial score (nSPS) is 13.6. The Morgan fingerprint density at radius 3 is 2.08 bits per heavy atom. The van der Waals surface area contributed by atoms with Gasteiger partial charge in [-0.05, 0) is 0 Å². The van der Waals surface area contributed by atoms with Crippen LogP contribution in [0.15, 0.2) is 0 Å². The number of hydrogen-bond donors (Lipinski definition) is 3. The van der Waals surface area contributed by atoms with Crippen molar-refractivity contribution in [3.8, 4) is 0 Å². The summed E-state index contributed by atoms with van der Waals surface area (Å²) in [6, 6.07) is -1.62. The Balaban J connectivity index is 4.45. The van der Waals surface area contributed by atoms with Crippen LogP contribution >= 0.6 is 0 Å². The lowest BCUT2D eigenvalue weighted by Gasteiger charge is -2.09. The third-order valence-corrected chi connectivity index (χ3v) is 1.75. The molecule has 0 bridgehead atoms. The van der Waals surface area contributed by atoms with Crippen molar-refractivity contribution in [2.45, 2.75) is 12.5 Å². The third kappa shape index (κ3) is 6.05. The van der Waals surface area contributed by atoms with Gasteiger partial charge < -0.3 is 10.2 Å². The van der Waals surface area contributed by atoms with Crippen LogP contribution in [-0.4, -0.2) is 42.9 Å². The first kappa shape index (κ1) is 11.8. The third-order valence-electron chi connectivity index (χ3n) is 1.03. The van der Waals surface area contributed by atoms with Gasteiger partial charge in [-0.15, -0.1) is 0 Å². The number of nitrogens with one attached hydrogen (secondary N) is 1. The Hall–Kier alpha value is -1.15. The molecule has 8 heteroatoms. The molecule has 0 aliphatic carbocycles. The van der Waals surface area contributed by atoms with Crippen molar-refractivity contribution < 1.29 is 28.2 Å². The monoisotopic (exact) mass is 211 g/mol. The summed E-state index contributed by atoms with van der Waals surface area (Å²) in [4.78, 5) is 20.4. The molecule has 0 unspecified atom stereocenters. The van der Waals surface area contributed by atoms with Gasteiger partial charge in [0.05, 0.1) is 12.7 Å². The summed E-state index contributed by atoms with van der Waals surface area (Å²) in [5.74, 6) is -2.91. The van der Waals surface area contributed by atoms with Crippen LogP contribution < -0.4 is 4.72 Å². The molecule has 1 atom stereocenters. The smallest absolute Gasteiger partial charge is 0.322 e. The molecule has 3 N–H and O–H groups in total. The first-order valence-electron chi connectivity index (χ1n) is 3.14. The fraction of sp³-hybridized carbons (Fsp3) is 0.600. The van der Waals surface area contributed by atoms with E-state index in [1.54, 1.807) is 4.72 Å². The number of hydrogen-bond acceptors (Lipinski definition) is 4. The minimum Gasteiger partial charge on any atom is -0.481 e. The summed E-state index contributed by atoms with van der Waals surface area (Å²) in [6.45, 7) is 0. The van der Waals surface area contributed by atoms with Crippen LogP contribution in [0.25, 0.3) is 0 Å². The number of aliphatic carboxylic acids is 2. The summed E-state index contributed by atoms with van der Waals surface area (Å²) in [7, 11) is -3.71. The lowest BCUT2D eigenvalue weighted by molar-refractivity contribution is -0.145. The molecule has 0 rings (SSSR count). The fourth-order valence-electron chi connectivity index (χ4n) is 0.612. The maximum Gasteiger partial charge on any atom is 0.322 e. The van der Waals surface area contributed by atoms with Gasteiger partial charge in [-0.3, -0.25) is 9.59 Å². The molecule has 76 valence electrons. The van der Waals surface area contributed by atoms with Gasteiger partial charge in [0, 0.05) is 0 Å². The van der Waals surface area contributed by atoms with Gasteiger partial charge in [0.1, 0.15) is 6.04 Å².